The Morgan fingerprint density at radius 1 is 0.964 bits per heavy atom. The van der Waals surface area contributed by atoms with E-state index in [9.17, 15) is 13.2 Å². The molecular weight excluding hydrogens is 394 g/mol. The molecule has 0 atom stereocenters. The molecule has 1 saturated heterocycles. The molecule has 2 aromatic carbocycles. The number of benzene rings is 2. The lowest BCUT2D eigenvalue weighted by Crippen LogP contribution is -2.46. The van der Waals surface area contributed by atoms with Gasteiger partial charge in [0.1, 0.15) is 0 Å². The van der Waals surface area contributed by atoms with Gasteiger partial charge < -0.3 is 0 Å². The molecule has 8 heteroatoms. The zero-order valence-corrected chi connectivity index (χ0v) is 17.1. The number of fused-ring (bicyclic) bond motifs is 1. The molecule has 0 unspecified atom stereocenters. The van der Waals surface area contributed by atoms with Crippen LogP contribution in [0.2, 0.25) is 0 Å². The van der Waals surface area contributed by atoms with Gasteiger partial charge in [0.05, 0.1) is 4.90 Å². The maximum Gasteiger partial charge on any atom is 0.265 e. The van der Waals surface area contributed by atoms with Gasteiger partial charge in [-0.15, -0.1) is 0 Å². The molecule has 0 bridgehead atoms. The van der Waals surface area contributed by atoms with Crippen LogP contribution in [0.15, 0.2) is 53.4 Å². The topological polar surface area (TPSA) is 69.7 Å². The number of nitrogens with one attached hydrogen (secondary N) is 1. The SMILES string of the molecule is O=C(NN1CCSCC1)c1cccc(S(=O)(=O)N2CCc3ccccc3C2)c1. The molecule has 2 aliphatic rings. The Balaban J connectivity index is 1.52. The number of hydrazine groups is 1. The highest BCUT2D eigenvalue weighted by molar-refractivity contribution is 7.99. The van der Waals surface area contributed by atoms with E-state index in [1.54, 1.807) is 18.2 Å². The van der Waals surface area contributed by atoms with Gasteiger partial charge in [-0.2, -0.15) is 16.1 Å². The summed E-state index contributed by atoms with van der Waals surface area (Å²) in [6.07, 6.45) is 0.697. The molecule has 0 spiro atoms. The minimum atomic E-state index is -3.66. The molecule has 1 fully saturated rings. The monoisotopic (exact) mass is 417 g/mol. The third kappa shape index (κ3) is 4.10. The van der Waals surface area contributed by atoms with E-state index in [0.29, 0.717) is 25.1 Å². The number of carbonyl (C=O) groups is 1. The Bertz CT molecular complexity index is 972. The summed E-state index contributed by atoms with van der Waals surface area (Å²) in [5.41, 5.74) is 5.47. The molecule has 0 aromatic heterocycles. The van der Waals surface area contributed by atoms with Crippen molar-refractivity contribution in [2.75, 3.05) is 31.1 Å². The van der Waals surface area contributed by atoms with Gasteiger partial charge in [-0.05, 0) is 35.7 Å². The van der Waals surface area contributed by atoms with Crippen molar-refractivity contribution in [1.82, 2.24) is 14.7 Å². The second kappa shape index (κ2) is 8.24. The highest BCUT2D eigenvalue weighted by Crippen LogP contribution is 2.25. The van der Waals surface area contributed by atoms with E-state index < -0.39 is 10.0 Å². The average molecular weight is 418 g/mol. The second-order valence-corrected chi connectivity index (χ2v) is 10.1. The second-order valence-electron chi connectivity index (χ2n) is 6.93. The van der Waals surface area contributed by atoms with Crippen LogP contribution in [0, 0.1) is 0 Å². The zero-order valence-electron chi connectivity index (χ0n) is 15.5. The lowest BCUT2D eigenvalue weighted by atomic mass is 10.0. The highest BCUT2D eigenvalue weighted by Gasteiger charge is 2.28. The van der Waals surface area contributed by atoms with Gasteiger partial charge >= 0.3 is 0 Å². The fourth-order valence-corrected chi connectivity index (χ4v) is 5.87. The summed E-state index contributed by atoms with van der Waals surface area (Å²) in [6, 6.07) is 14.2. The van der Waals surface area contributed by atoms with Crippen LogP contribution < -0.4 is 5.43 Å². The largest absolute Gasteiger partial charge is 0.285 e. The first-order valence-electron chi connectivity index (χ1n) is 9.35. The van der Waals surface area contributed by atoms with E-state index in [1.807, 2.05) is 41.0 Å². The number of nitrogens with zero attached hydrogens (tertiary/aromatic N) is 2. The van der Waals surface area contributed by atoms with Gasteiger partial charge in [0, 0.05) is 43.2 Å². The lowest BCUT2D eigenvalue weighted by Gasteiger charge is -2.28. The molecule has 0 aliphatic carbocycles. The van der Waals surface area contributed by atoms with Crippen molar-refractivity contribution in [3.05, 3.63) is 65.2 Å². The normalized spacial score (nSPS) is 18.4. The summed E-state index contributed by atoms with van der Waals surface area (Å²) in [4.78, 5) is 12.7. The molecule has 1 N–H and O–H groups in total. The van der Waals surface area contributed by atoms with Crippen LogP contribution in [-0.2, 0) is 23.0 Å². The maximum atomic E-state index is 13.1. The Hall–Kier alpha value is -1.87. The predicted molar refractivity (Wildman–Crippen MR) is 111 cm³/mol. The summed E-state index contributed by atoms with van der Waals surface area (Å²) < 4.78 is 27.8. The maximum absolute atomic E-state index is 13.1. The van der Waals surface area contributed by atoms with Crippen molar-refractivity contribution in [3.8, 4) is 0 Å². The molecule has 1 amide bonds. The Kier molecular flexibility index (Phi) is 5.73. The Morgan fingerprint density at radius 2 is 1.71 bits per heavy atom. The number of carbonyl (C=O) groups excluding carboxylic acids is 1. The average Bonchev–Trinajstić information content (AvgIpc) is 2.74. The van der Waals surface area contributed by atoms with Crippen molar-refractivity contribution >= 4 is 27.7 Å². The van der Waals surface area contributed by atoms with Crippen LogP contribution in [-0.4, -0.2) is 54.8 Å². The standard InChI is InChI=1S/C20H23N3O3S2/c24-20(21-22-10-12-27-13-11-22)17-6-3-7-19(14-17)28(25,26)23-9-8-16-4-1-2-5-18(16)15-23/h1-7,14H,8-13,15H2,(H,21,24). The van der Waals surface area contributed by atoms with E-state index in [1.165, 1.54) is 15.9 Å². The van der Waals surface area contributed by atoms with Crippen LogP contribution in [0.25, 0.3) is 0 Å². The van der Waals surface area contributed by atoms with Crippen LogP contribution in [0.3, 0.4) is 0 Å². The minimum absolute atomic E-state index is 0.161. The van der Waals surface area contributed by atoms with Gasteiger partial charge in [-0.1, -0.05) is 30.3 Å². The Labute approximate surface area is 169 Å². The minimum Gasteiger partial charge on any atom is -0.285 e. The van der Waals surface area contributed by atoms with Crippen molar-refractivity contribution in [1.29, 1.82) is 0 Å². The summed E-state index contributed by atoms with van der Waals surface area (Å²) in [5, 5.41) is 1.89. The quantitative estimate of drug-likeness (QED) is 0.825. The van der Waals surface area contributed by atoms with E-state index in [4.69, 9.17) is 0 Å². The summed E-state index contributed by atoms with van der Waals surface area (Å²) in [6.45, 7) is 2.39. The van der Waals surface area contributed by atoms with E-state index >= 15 is 0 Å². The van der Waals surface area contributed by atoms with Crippen LogP contribution >= 0.6 is 11.8 Å². The third-order valence-corrected chi connectivity index (χ3v) is 7.88. The first-order valence-corrected chi connectivity index (χ1v) is 11.9. The summed E-state index contributed by atoms with van der Waals surface area (Å²) >= 11 is 1.86. The number of thioether (sulfide) groups is 1. The van der Waals surface area contributed by atoms with Crippen LogP contribution in [0.4, 0.5) is 0 Å². The zero-order chi connectivity index (χ0) is 19.6. The predicted octanol–water partition coefficient (Wildman–Crippen LogP) is 2.13. The fourth-order valence-electron chi connectivity index (χ4n) is 3.51. The fraction of sp³-hybridized carbons (Fsp3) is 0.350. The third-order valence-electron chi connectivity index (χ3n) is 5.10. The molecule has 2 heterocycles. The van der Waals surface area contributed by atoms with Crippen molar-refractivity contribution in [3.63, 3.8) is 0 Å². The molecule has 148 valence electrons. The van der Waals surface area contributed by atoms with Crippen molar-refractivity contribution in [2.45, 2.75) is 17.9 Å². The first kappa shape index (κ1) is 19.4. The van der Waals surface area contributed by atoms with Gasteiger partial charge in [0.25, 0.3) is 5.91 Å². The molecular formula is C20H23N3O3S2. The van der Waals surface area contributed by atoms with E-state index in [-0.39, 0.29) is 10.8 Å². The first-order chi connectivity index (χ1) is 13.5. The van der Waals surface area contributed by atoms with Gasteiger partial charge in [0.15, 0.2) is 0 Å². The molecule has 2 aliphatic heterocycles. The lowest BCUT2D eigenvalue weighted by molar-refractivity contribution is 0.0805. The molecule has 0 saturated carbocycles. The van der Waals surface area contributed by atoms with E-state index in [0.717, 1.165) is 30.2 Å². The highest BCUT2D eigenvalue weighted by atomic mass is 32.2. The van der Waals surface area contributed by atoms with Gasteiger partial charge in [0.2, 0.25) is 10.0 Å². The number of amides is 1. The summed E-state index contributed by atoms with van der Waals surface area (Å²) in [7, 11) is -3.66. The molecule has 6 nitrogen and oxygen atoms in total. The van der Waals surface area contributed by atoms with Gasteiger partial charge in [-0.3, -0.25) is 10.2 Å². The Morgan fingerprint density at radius 3 is 2.50 bits per heavy atom. The molecule has 0 radical (unpaired) electrons. The van der Waals surface area contributed by atoms with E-state index in [2.05, 4.69) is 5.43 Å². The van der Waals surface area contributed by atoms with Gasteiger partial charge in [-0.25, -0.2) is 13.4 Å². The number of hydrogen-bond donors (Lipinski definition) is 1. The molecule has 2 aromatic rings. The van der Waals surface area contributed by atoms with Crippen LogP contribution in [0.1, 0.15) is 21.5 Å². The molecule has 28 heavy (non-hydrogen) atoms. The number of hydrogen-bond acceptors (Lipinski definition) is 5. The van der Waals surface area contributed by atoms with Crippen LogP contribution in [0.5, 0.6) is 0 Å². The molecule has 4 rings (SSSR count). The number of rotatable bonds is 4. The van der Waals surface area contributed by atoms with Crippen molar-refractivity contribution < 1.29 is 13.2 Å². The smallest absolute Gasteiger partial charge is 0.265 e. The summed E-state index contributed by atoms with van der Waals surface area (Å²) in [5.74, 6) is 1.68. The van der Waals surface area contributed by atoms with Crippen molar-refractivity contribution in [2.24, 2.45) is 0 Å². The number of sulfonamides is 1.